The minimum absolute atomic E-state index is 0.00183. The van der Waals surface area contributed by atoms with E-state index in [-0.39, 0.29) is 5.91 Å². The number of sulfonamides is 1. The van der Waals surface area contributed by atoms with E-state index in [4.69, 9.17) is 0 Å². The van der Waals surface area contributed by atoms with Gasteiger partial charge in [0, 0.05) is 0 Å². The fraction of sp³-hybridized carbons (Fsp3) is 0.269. The van der Waals surface area contributed by atoms with Crippen LogP contribution in [0.2, 0.25) is 0 Å². The van der Waals surface area contributed by atoms with Crippen molar-refractivity contribution >= 4 is 40.4 Å². The summed E-state index contributed by atoms with van der Waals surface area (Å²) in [5, 5.41) is 0. The Kier molecular flexibility index (Phi) is 6.80. The van der Waals surface area contributed by atoms with E-state index in [0.29, 0.717) is 18.7 Å². The van der Waals surface area contributed by atoms with E-state index in [9.17, 15) is 13.2 Å². The van der Waals surface area contributed by atoms with Gasteiger partial charge in [0.05, 0.1) is 0 Å². The van der Waals surface area contributed by atoms with Gasteiger partial charge in [-0.3, -0.25) is 0 Å². The molecule has 0 N–H and O–H groups in total. The molecule has 0 aliphatic carbocycles. The molecule has 7 heteroatoms. The Morgan fingerprint density at radius 2 is 1.76 bits per heavy atom. The van der Waals surface area contributed by atoms with E-state index in [1.165, 1.54) is 31.6 Å². The van der Waals surface area contributed by atoms with Gasteiger partial charge in [-0.05, 0) is 0 Å². The molecule has 0 bridgehead atoms. The number of rotatable bonds is 5. The zero-order valence-corrected chi connectivity index (χ0v) is 22.3. The number of nitrogens with zero attached hydrogens (tertiary/aromatic N) is 2. The zero-order valence-electron chi connectivity index (χ0n) is 19.4. The van der Waals surface area contributed by atoms with Crippen LogP contribution in [0.3, 0.4) is 0 Å². The maximum absolute atomic E-state index is 12.2. The molecule has 5 nitrogen and oxygen atoms in total. The fourth-order valence-corrected chi connectivity index (χ4v) is 7.75. The molecule has 1 aliphatic heterocycles. The molecule has 4 rings (SSSR count). The molecule has 0 saturated heterocycles. The second kappa shape index (κ2) is 9.46. The van der Waals surface area contributed by atoms with Crippen LogP contribution >= 0.6 is 0 Å². The van der Waals surface area contributed by atoms with Crippen molar-refractivity contribution in [3.8, 4) is 11.1 Å². The molecule has 1 aliphatic rings. The van der Waals surface area contributed by atoms with E-state index >= 15 is 0 Å². The van der Waals surface area contributed by atoms with Gasteiger partial charge in [0.1, 0.15) is 0 Å². The molecule has 3 aromatic carbocycles. The van der Waals surface area contributed by atoms with Crippen LogP contribution in [0.5, 0.6) is 0 Å². The van der Waals surface area contributed by atoms with Crippen LogP contribution in [-0.2, 0) is 23.0 Å². The topological polar surface area (TPSA) is 57.7 Å². The Labute approximate surface area is 203 Å². The van der Waals surface area contributed by atoms with E-state index in [2.05, 4.69) is 43.3 Å². The summed E-state index contributed by atoms with van der Waals surface area (Å²) in [6, 6.07) is 20.8. The molecule has 1 heterocycles. The van der Waals surface area contributed by atoms with Crippen molar-refractivity contribution in [2.45, 2.75) is 19.9 Å². The molecule has 0 spiro atoms. The Balaban J connectivity index is 1.61. The first kappa shape index (κ1) is 23.7. The van der Waals surface area contributed by atoms with Gasteiger partial charge in [0.2, 0.25) is 0 Å². The molecule has 172 valence electrons. The van der Waals surface area contributed by atoms with Crippen molar-refractivity contribution in [1.29, 1.82) is 0 Å². The molecule has 0 radical (unpaired) electrons. The predicted octanol–water partition coefficient (Wildman–Crippen LogP) is 2.07. The summed E-state index contributed by atoms with van der Waals surface area (Å²) in [7, 11) is 0.343. The second-order valence-electron chi connectivity index (χ2n) is 8.72. The number of hydrogen-bond acceptors (Lipinski definition) is 3. The van der Waals surface area contributed by atoms with Gasteiger partial charge in [-0.1, -0.05) is 0 Å². The van der Waals surface area contributed by atoms with Gasteiger partial charge in [-0.15, -0.1) is 0 Å². The van der Waals surface area contributed by atoms with Gasteiger partial charge in [-0.2, -0.15) is 0 Å². The third-order valence-electron chi connectivity index (χ3n) is 6.07. The van der Waals surface area contributed by atoms with Gasteiger partial charge < -0.3 is 0 Å². The number of benzene rings is 3. The monoisotopic (exact) mass is 524 g/mol. The van der Waals surface area contributed by atoms with Crippen LogP contribution in [0.15, 0.2) is 60.7 Å². The summed E-state index contributed by atoms with van der Waals surface area (Å²) in [4.78, 5) is 13.8. The number of fused-ring (bicyclic) bond motifs is 1. The summed E-state index contributed by atoms with van der Waals surface area (Å²) in [6.07, 6.45) is 2.05. The van der Waals surface area contributed by atoms with Crippen molar-refractivity contribution in [3.63, 3.8) is 0 Å². The quantitative estimate of drug-likeness (QED) is 0.481. The van der Waals surface area contributed by atoms with Crippen molar-refractivity contribution < 1.29 is 13.2 Å². The summed E-state index contributed by atoms with van der Waals surface area (Å²) in [5.74, 6) is 0.00183. The summed E-state index contributed by atoms with van der Waals surface area (Å²) < 4.78 is 28.2. The molecular weight excluding hydrogens is 495 g/mol. The summed E-state index contributed by atoms with van der Waals surface area (Å²) in [5.41, 5.74) is 6.64. The Hall–Kier alpha value is -2.40. The minimum atomic E-state index is -3.17. The fourth-order valence-electron chi connectivity index (χ4n) is 4.20. The zero-order chi connectivity index (χ0) is 23.8. The van der Waals surface area contributed by atoms with E-state index < -0.39 is 25.8 Å². The molecule has 1 unspecified atom stereocenters. The van der Waals surface area contributed by atoms with Crippen LogP contribution in [0.1, 0.15) is 27.0 Å². The van der Waals surface area contributed by atoms with E-state index in [1.54, 1.807) is 23.3 Å². The number of amides is 1. The molecule has 1 amide bonds. The molecule has 3 aromatic rings. The van der Waals surface area contributed by atoms with Crippen LogP contribution in [-0.4, -0.2) is 66.2 Å². The van der Waals surface area contributed by atoms with Crippen molar-refractivity contribution in [1.82, 2.24) is 9.21 Å². The van der Waals surface area contributed by atoms with Gasteiger partial charge >= 0.3 is 204 Å². The standard InChI is InChI=1S/C26H29AsN2O3S/c1-18-8-13-22(16-24(18)19-9-11-20(12-10-19)26(30)28(2)3)27-25-7-5-6-21-17-29(33(4,31)32)15-14-23(21)25/h5-13,16,27H,14-15,17H2,1-4H3. The first-order valence-corrected chi connectivity index (χ1v) is 14.8. The van der Waals surface area contributed by atoms with Crippen LogP contribution in [0, 0.1) is 6.92 Å². The van der Waals surface area contributed by atoms with Crippen molar-refractivity contribution in [2.24, 2.45) is 0 Å². The van der Waals surface area contributed by atoms with Gasteiger partial charge in [0.15, 0.2) is 0 Å². The second-order valence-corrected chi connectivity index (χ2v) is 13.6. The SMILES string of the molecule is Cc1ccc([AsH]c2cccc3c2CCN(S(C)(=O)=O)C3)cc1-c1ccc(C(=O)N(C)C)cc1. The first-order valence-electron chi connectivity index (χ1n) is 10.9. The van der Waals surface area contributed by atoms with Crippen LogP contribution < -0.4 is 8.70 Å². The predicted molar refractivity (Wildman–Crippen MR) is 136 cm³/mol. The number of hydrogen-bond donors (Lipinski definition) is 0. The normalized spacial score (nSPS) is 14.4. The Bertz CT molecular complexity index is 1300. The first-order chi connectivity index (χ1) is 15.6. The van der Waals surface area contributed by atoms with E-state index in [1.807, 2.05) is 24.3 Å². The van der Waals surface area contributed by atoms with Gasteiger partial charge in [0.25, 0.3) is 0 Å². The molecule has 1 atom stereocenters. The average molecular weight is 525 g/mol. The number of carbonyl (C=O) groups excluding carboxylic acids is 1. The van der Waals surface area contributed by atoms with Gasteiger partial charge in [-0.25, -0.2) is 0 Å². The Morgan fingerprint density at radius 1 is 1.03 bits per heavy atom. The number of aryl methyl sites for hydroxylation is 1. The molecule has 0 aromatic heterocycles. The average Bonchev–Trinajstić information content (AvgIpc) is 2.79. The third kappa shape index (κ3) is 5.24. The number of carbonyl (C=O) groups is 1. The Morgan fingerprint density at radius 3 is 2.42 bits per heavy atom. The van der Waals surface area contributed by atoms with Crippen molar-refractivity contribution in [2.75, 3.05) is 26.9 Å². The molecule has 0 saturated carbocycles. The summed E-state index contributed by atoms with van der Waals surface area (Å²) >= 11 is -0.572. The molecule has 0 fully saturated rings. The van der Waals surface area contributed by atoms with E-state index in [0.717, 1.165) is 17.5 Å². The third-order valence-corrected chi connectivity index (χ3v) is 10.1. The molecular formula is C26H29AsN2O3S. The molecule has 33 heavy (non-hydrogen) atoms. The van der Waals surface area contributed by atoms with Crippen molar-refractivity contribution in [3.05, 3.63) is 82.9 Å². The maximum atomic E-state index is 12.2. The van der Waals surface area contributed by atoms with Crippen LogP contribution in [0.25, 0.3) is 11.1 Å². The van der Waals surface area contributed by atoms with Crippen LogP contribution in [0.4, 0.5) is 0 Å². The summed E-state index contributed by atoms with van der Waals surface area (Å²) in [6.45, 7) is 3.12.